The Morgan fingerprint density at radius 3 is 2.45 bits per heavy atom. The average molecular weight is 432 g/mol. The molecule has 0 unspecified atom stereocenters. The quantitative estimate of drug-likeness (QED) is 0.637. The zero-order valence-electron chi connectivity index (χ0n) is 16.0. The summed E-state index contributed by atoms with van der Waals surface area (Å²) in [6, 6.07) is 5.93. The first-order valence-electron chi connectivity index (χ1n) is 8.93. The van der Waals surface area contributed by atoms with Crippen LogP contribution in [0.25, 0.3) is 0 Å². The summed E-state index contributed by atoms with van der Waals surface area (Å²) in [5, 5.41) is 2.01. The van der Waals surface area contributed by atoms with Crippen LogP contribution in [0.2, 0.25) is 5.15 Å². The Labute approximate surface area is 171 Å². The van der Waals surface area contributed by atoms with Gasteiger partial charge in [-0.25, -0.2) is 4.98 Å². The molecule has 0 radical (unpaired) electrons. The number of benzene rings is 1. The molecule has 1 heterocycles. The van der Waals surface area contributed by atoms with Crippen molar-refractivity contribution >= 4 is 29.2 Å². The van der Waals surface area contributed by atoms with Crippen LogP contribution in [0.3, 0.4) is 0 Å². The highest BCUT2D eigenvalue weighted by atomic mass is 35.5. The van der Waals surface area contributed by atoms with Gasteiger partial charge in [-0.3, -0.25) is 9.59 Å². The maximum absolute atomic E-state index is 12.4. The molecule has 0 bridgehead atoms. The number of esters is 1. The summed E-state index contributed by atoms with van der Waals surface area (Å²) in [6.07, 6.45) is -2.51. The number of nitrogens with zero attached hydrogens (tertiary/aromatic N) is 2. The summed E-state index contributed by atoms with van der Waals surface area (Å²) in [5.41, 5.74) is 1.28. The fourth-order valence-corrected chi connectivity index (χ4v) is 2.94. The lowest BCUT2D eigenvalue weighted by Gasteiger charge is -2.13. The van der Waals surface area contributed by atoms with E-state index in [0.29, 0.717) is 24.5 Å². The number of rotatable bonds is 8. The molecule has 1 amide bonds. The van der Waals surface area contributed by atoms with Crippen molar-refractivity contribution < 1.29 is 27.5 Å². The Morgan fingerprint density at radius 2 is 1.90 bits per heavy atom. The van der Waals surface area contributed by atoms with E-state index in [1.807, 2.05) is 11.5 Å². The van der Waals surface area contributed by atoms with E-state index in [2.05, 4.69) is 4.98 Å². The van der Waals surface area contributed by atoms with Gasteiger partial charge in [0.15, 0.2) is 5.15 Å². The van der Waals surface area contributed by atoms with Gasteiger partial charge in [0.2, 0.25) is 0 Å². The topological polar surface area (TPSA) is 73.2 Å². The molecule has 0 fully saturated rings. The number of aryl methyl sites for hydroxylation is 1. The maximum Gasteiger partial charge on any atom is 0.471 e. The number of alkyl halides is 3. The van der Waals surface area contributed by atoms with Crippen LogP contribution in [-0.4, -0.2) is 34.7 Å². The average Bonchev–Trinajstić information content (AvgIpc) is 2.95. The molecule has 0 saturated heterocycles. The summed E-state index contributed by atoms with van der Waals surface area (Å²) >= 11 is 6.23. The zero-order chi connectivity index (χ0) is 21.6. The van der Waals surface area contributed by atoms with E-state index < -0.39 is 18.1 Å². The summed E-state index contributed by atoms with van der Waals surface area (Å²) in [6.45, 7) is 2.36. The van der Waals surface area contributed by atoms with Crippen LogP contribution in [0.15, 0.2) is 24.3 Å². The predicted molar refractivity (Wildman–Crippen MR) is 102 cm³/mol. The first kappa shape index (κ1) is 22.7. The van der Waals surface area contributed by atoms with Crippen LogP contribution in [0.1, 0.15) is 36.8 Å². The first-order valence-corrected chi connectivity index (χ1v) is 9.31. The monoisotopic (exact) mass is 431 g/mol. The van der Waals surface area contributed by atoms with E-state index in [1.54, 1.807) is 17.4 Å². The maximum atomic E-state index is 12.4. The molecule has 158 valence electrons. The van der Waals surface area contributed by atoms with Crippen molar-refractivity contribution in [3.63, 3.8) is 0 Å². The number of nitrogens with one attached hydrogen (secondary N) is 1. The fourth-order valence-electron chi connectivity index (χ4n) is 2.67. The molecule has 1 aromatic heterocycles. The van der Waals surface area contributed by atoms with E-state index in [-0.39, 0.29) is 17.3 Å². The summed E-state index contributed by atoms with van der Waals surface area (Å²) in [4.78, 5) is 27.1. The van der Waals surface area contributed by atoms with Crippen LogP contribution >= 0.6 is 11.6 Å². The van der Waals surface area contributed by atoms with Gasteiger partial charge in [0, 0.05) is 18.7 Å². The number of unbranched alkanes of at least 4 members (excludes halogenated alkanes) is 1. The normalized spacial score (nSPS) is 11.4. The number of anilines is 1. The third kappa shape index (κ3) is 6.22. The van der Waals surface area contributed by atoms with Gasteiger partial charge in [0.05, 0.1) is 19.2 Å². The van der Waals surface area contributed by atoms with E-state index in [1.165, 1.54) is 19.2 Å². The van der Waals surface area contributed by atoms with Gasteiger partial charge in [-0.2, -0.15) is 13.2 Å². The molecule has 0 atom stereocenters. The highest BCUT2D eigenvalue weighted by Gasteiger charge is 2.38. The minimum absolute atomic E-state index is 0.0285. The van der Waals surface area contributed by atoms with Gasteiger partial charge in [-0.15, -0.1) is 0 Å². The van der Waals surface area contributed by atoms with Gasteiger partial charge in [0.25, 0.3) is 0 Å². The number of hydrogen-bond acceptors (Lipinski definition) is 4. The molecule has 0 saturated carbocycles. The van der Waals surface area contributed by atoms with Crippen molar-refractivity contribution in [2.75, 3.05) is 12.4 Å². The Morgan fingerprint density at radius 1 is 1.24 bits per heavy atom. The second-order valence-electron chi connectivity index (χ2n) is 6.36. The lowest BCUT2D eigenvalue weighted by molar-refractivity contribution is -0.167. The number of carbonyl (C=O) groups excluding carboxylic acids is 2. The molecule has 2 rings (SSSR count). The molecule has 0 spiro atoms. The fraction of sp³-hybridized carbons (Fsp3) is 0.421. The SMILES string of the molecule is CCCCc1nc(Cl)c(CC(=O)OC)n1Cc1ccc(NC(=O)C(F)(F)F)cc1. The number of imidazole rings is 1. The Bertz CT molecular complexity index is 864. The predicted octanol–water partition coefficient (Wildman–Crippen LogP) is 4.14. The molecule has 29 heavy (non-hydrogen) atoms. The van der Waals surface area contributed by atoms with Gasteiger partial charge >= 0.3 is 18.1 Å². The minimum Gasteiger partial charge on any atom is -0.469 e. The number of carbonyl (C=O) groups is 2. The first-order chi connectivity index (χ1) is 13.7. The van der Waals surface area contributed by atoms with Crippen molar-refractivity contribution in [2.24, 2.45) is 0 Å². The summed E-state index contributed by atoms with van der Waals surface area (Å²) in [5.74, 6) is -1.78. The number of methoxy groups -OCH3 is 1. The molecule has 0 aliphatic rings. The summed E-state index contributed by atoms with van der Waals surface area (Å²) in [7, 11) is 1.28. The minimum atomic E-state index is -4.96. The van der Waals surface area contributed by atoms with E-state index >= 15 is 0 Å². The number of aromatic nitrogens is 2. The van der Waals surface area contributed by atoms with Crippen molar-refractivity contribution in [2.45, 2.75) is 45.3 Å². The van der Waals surface area contributed by atoms with Crippen LogP contribution in [0.5, 0.6) is 0 Å². The van der Waals surface area contributed by atoms with Crippen molar-refractivity contribution in [3.05, 3.63) is 46.5 Å². The zero-order valence-corrected chi connectivity index (χ0v) is 16.7. The second-order valence-corrected chi connectivity index (χ2v) is 6.71. The van der Waals surface area contributed by atoms with E-state index in [0.717, 1.165) is 18.4 Å². The van der Waals surface area contributed by atoms with Gasteiger partial charge in [-0.1, -0.05) is 37.1 Å². The smallest absolute Gasteiger partial charge is 0.469 e. The highest BCUT2D eigenvalue weighted by Crippen LogP contribution is 2.23. The number of halogens is 4. The molecule has 2 aromatic rings. The van der Waals surface area contributed by atoms with Crippen LogP contribution in [-0.2, 0) is 33.7 Å². The van der Waals surface area contributed by atoms with Crippen LogP contribution < -0.4 is 5.32 Å². The molecule has 1 N–H and O–H groups in total. The van der Waals surface area contributed by atoms with Crippen molar-refractivity contribution in [1.29, 1.82) is 0 Å². The van der Waals surface area contributed by atoms with Gasteiger partial charge in [-0.05, 0) is 24.1 Å². The molecular weight excluding hydrogens is 411 g/mol. The molecule has 10 heteroatoms. The lowest BCUT2D eigenvalue weighted by Crippen LogP contribution is -2.29. The van der Waals surface area contributed by atoms with Gasteiger partial charge in [0.1, 0.15) is 5.82 Å². The van der Waals surface area contributed by atoms with Crippen molar-refractivity contribution in [1.82, 2.24) is 9.55 Å². The number of amides is 1. The standard InChI is InChI=1S/C19H21ClF3N3O3/c1-3-4-5-15-25-17(20)14(10-16(27)29-2)26(15)11-12-6-8-13(9-7-12)24-18(28)19(21,22)23/h6-9H,3-5,10-11H2,1-2H3,(H,24,28). The lowest BCUT2D eigenvalue weighted by atomic mass is 10.2. The molecular formula is C19H21ClF3N3O3. The summed E-state index contributed by atoms with van der Waals surface area (Å²) < 4.78 is 43.6. The van der Waals surface area contributed by atoms with Gasteiger partial charge < -0.3 is 14.6 Å². The Hall–Kier alpha value is -2.55. The van der Waals surface area contributed by atoms with E-state index in [9.17, 15) is 22.8 Å². The van der Waals surface area contributed by atoms with Crippen LogP contribution in [0.4, 0.5) is 18.9 Å². The van der Waals surface area contributed by atoms with E-state index in [4.69, 9.17) is 16.3 Å². The Kier molecular flexibility index (Phi) is 7.66. The Balaban J connectivity index is 2.25. The molecule has 6 nitrogen and oxygen atoms in total. The number of ether oxygens (including phenoxy) is 1. The van der Waals surface area contributed by atoms with Crippen molar-refractivity contribution in [3.8, 4) is 0 Å². The van der Waals surface area contributed by atoms with Crippen LogP contribution in [0, 0.1) is 0 Å². The molecule has 0 aliphatic carbocycles. The third-order valence-corrected chi connectivity index (χ3v) is 4.51. The third-order valence-electron chi connectivity index (χ3n) is 4.21. The largest absolute Gasteiger partial charge is 0.471 e. The molecule has 1 aromatic carbocycles. The highest BCUT2D eigenvalue weighted by molar-refractivity contribution is 6.30. The second kappa shape index (κ2) is 9.78. The molecule has 0 aliphatic heterocycles. The number of hydrogen-bond donors (Lipinski definition) is 1.